The summed E-state index contributed by atoms with van der Waals surface area (Å²) in [5.74, 6) is 0.108. The van der Waals surface area contributed by atoms with Crippen molar-refractivity contribution in [3.63, 3.8) is 0 Å². The van der Waals surface area contributed by atoms with E-state index in [1.165, 1.54) is 0 Å². The molecule has 1 amide bonds. The number of fused-ring (bicyclic) bond motifs is 1. The van der Waals surface area contributed by atoms with Crippen LogP contribution in [0, 0.1) is 0 Å². The summed E-state index contributed by atoms with van der Waals surface area (Å²) < 4.78 is 5.04. The van der Waals surface area contributed by atoms with Crippen molar-refractivity contribution >= 4 is 34.2 Å². The van der Waals surface area contributed by atoms with Gasteiger partial charge in [-0.1, -0.05) is 11.6 Å². The Balaban J connectivity index is 1.66. The molecular formula is C17H14ClN3O3. The normalized spacial score (nSPS) is 10.6. The summed E-state index contributed by atoms with van der Waals surface area (Å²) >= 11 is 5.82. The molecule has 0 aliphatic carbocycles. The molecule has 6 nitrogen and oxygen atoms in total. The molecule has 0 saturated heterocycles. The largest absolute Gasteiger partial charge is 0.497 e. The number of nitrogens with one attached hydrogen (secondary N) is 2. The van der Waals surface area contributed by atoms with Gasteiger partial charge in [-0.15, -0.1) is 0 Å². The number of Topliss-reactive ketones (excluding diaryl/α,β-unsaturated/α-hetero) is 1. The molecule has 0 fully saturated rings. The molecule has 3 rings (SSSR count). The Morgan fingerprint density at radius 1 is 1.25 bits per heavy atom. The average Bonchev–Trinajstić information content (AvgIpc) is 3.02. The Morgan fingerprint density at radius 2 is 2.00 bits per heavy atom. The Kier molecular flexibility index (Phi) is 4.48. The number of H-pyrrole nitrogens is 1. The number of carbonyl (C=O) groups excluding carboxylic acids is 2. The van der Waals surface area contributed by atoms with Crippen molar-refractivity contribution < 1.29 is 14.3 Å². The second-order valence-corrected chi connectivity index (χ2v) is 5.50. The zero-order chi connectivity index (χ0) is 17.1. The fourth-order valence-corrected chi connectivity index (χ4v) is 2.43. The lowest BCUT2D eigenvalue weighted by molar-refractivity contribution is 0.0901. The number of nitrogens with zero attached hydrogens (tertiary/aromatic N) is 1. The van der Waals surface area contributed by atoms with E-state index < -0.39 is 0 Å². The van der Waals surface area contributed by atoms with Crippen molar-refractivity contribution in [1.82, 2.24) is 15.3 Å². The monoisotopic (exact) mass is 343 g/mol. The molecule has 122 valence electrons. The third-order valence-corrected chi connectivity index (χ3v) is 3.74. The molecule has 0 unspecified atom stereocenters. The van der Waals surface area contributed by atoms with Crippen LogP contribution < -0.4 is 10.1 Å². The number of ketones is 1. The first kappa shape index (κ1) is 16.0. The van der Waals surface area contributed by atoms with E-state index in [0.717, 1.165) is 5.39 Å². The fourth-order valence-electron chi connectivity index (χ4n) is 2.26. The summed E-state index contributed by atoms with van der Waals surface area (Å²) in [6.07, 6.45) is 1.55. The van der Waals surface area contributed by atoms with Crippen LogP contribution in [0.4, 0.5) is 0 Å². The van der Waals surface area contributed by atoms with Crippen LogP contribution >= 0.6 is 11.6 Å². The van der Waals surface area contributed by atoms with E-state index in [0.29, 0.717) is 27.7 Å². The van der Waals surface area contributed by atoms with Crippen LogP contribution in [0.1, 0.15) is 20.8 Å². The number of benzene rings is 1. The standard InChI is InChI=1S/C17H14ClN3O3/c1-24-12-4-2-10(3-5-12)15(22)9-20-17(23)13-6-11-7-16(18)19-8-14(11)21-13/h2-8,21H,9H2,1H3,(H,20,23). The van der Waals surface area contributed by atoms with E-state index in [-0.39, 0.29) is 18.2 Å². The van der Waals surface area contributed by atoms with E-state index in [4.69, 9.17) is 16.3 Å². The zero-order valence-electron chi connectivity index (χ0n) is 12.8. The smallest absolute Gasteiger partial charge is 0.268 e. The van der Waals surface area contributed by atoms with Gasteiger partial charge < -0.3 is 15.0 Å². The van der Waals surface area contributed by atoms with E-state index in [9.17, 15) is 9.59 Å². The van der Waals surface area contributed by atoms with Crippen molar-refractivity contribution in [3.05, 3.63) is 59.0 Å². The summed E-state index contributed by atoms with van der Waals surface area (Å²) in [5, 5.41) is 3.73. The molecule has 0 saturated carbocycles. The topological polar surface area (TPSA) is 84.1 Å². The van der Waals surface area contributed by atoms with Crippen LogP contribution in [0.25, 0.3) is 10.9 Å². The highest BCUT2D eigenvalue weighted by molar-refractivity contribution is 6.30. The highest BCUT2D eigenvalue weighted by Crippen LogP contribution is 2.17. The van der Waals surface area contributed by atoms with Gasteiger partial charge in [-0.25, -0.2) is 4.98 Å². The summed E-state index contributed by atoms with van der Waals surface area (Å²) in [4.78, 5) is 31.2. The van der Waals surface area contributed by atoms with Gasteiger partial charge in [0.25, 0.3) is 5.91 Å². The number of ether oxygens (including phenoxy) is 1. The minimum absolute atomic E-state index is 0.0977. The summed E-state index contributed by atoms with van der Waals surface area (Å²) in [6, 6.07) is 10.0. The Morgan fingerprint density at radius 3 is 2.71 bits per heavy atom. The van der Waals surface area contributed by atoms with Crippen LogP contribution in [0.5, 0.6) is 5.75 Å². The zero-order valence-corrected chi connectivity index (χ0v) is 13.6. The molecule has 2 aromatic heterocycles. The van der Waals surface area contributed by atoms with Crippen LogP contribution in [-0.2, 0) is 0 Å². The predicted octanol–water partition coefficient (Wildman–Crippen LogP) is 2.84. The molecular weight excluding hydrogens is 330 g/mol. The van der Waals surface area contributed by atoms with Crippen LogP contribution in [0.3, 0.4) is 0 Å². The van der Waals surface area contributed by atoms with Crippen LogP contribution in [0.15, 0.2) is 42.6 Å². The minimum atomic E-state index is -0.371. The number of amides is 1. The number of aromatic nitrogens is 2. The first-order valence-corrected chi connectivity index (χ1v) is 7.54. The molecule has 0 radical (unpaired) electrons. The molecule has 1 aromatic carbocycles. The maximum absolute atomic E-state index is 12.2. The van der Waals surface area contributed by atoms with Crippen molar-refractivity contribution in [1.29, 1.82) is 0 Å². The lowest BCUT2D eigenvalue weighted by atomic mass is 10.1. The molecule has 7 heteroatoms. The van der Waals surface area contributed by atoms with Gasteiger partial charge in [-0.2, -0.15) is 0 Å². The number of halogens is 1. The molecule has 0 aliphatic heterocycles. The maximum atomic E-state index is 12.2. The predicted molar refractivity (Wildman–Crippen MR) is 90.8 cm³/mol. The van der Waals surface area contributed by atoms with E-state index in [2.05, 4.69) is 15.3 Å². The summed E-state index contributed by atoms with van der Waals surface area (Å²) in [6.45, 7) is -0.0977. The van der Waals surface area contributed by atoms with Gasteiger partial charge in [0, 0.05) is 10.9 Å². The van der Waals surface area contributed by atoms with E-state index in [1.54, 1.807) is 49.7 Å². The third kappa shape index (κ3) is 3.38. The van der Waals surface area contributed by atoms with Gasteiger partial charge in [-0.05, 0) is 36.4 Å². The average molecular weight is 344 g/mol. The van der Waals surface area contributed by atoms with E-state index in [1.807, 2.05) is 0 Å². The number of hydrogen-bond donors (Lipinski definition) is 2. The first-order chi connectivity index (χ1) is 11.6. The number of methoxy groups -OCH3 is 1. The number of hydrogen-bond acceptors (Lipinski definition) is 4. The van der Waals surface area contributed by atoms with Crippen LogP contribution in [-0.4, -0.2) is 35.3 Å². The highest BCUT2D eigenvalue weighted by atomic mass is 35.5. The summed E-state index contributed by atoms with van der Waals surface area (Å²) in [7, 11) is 1.56. The minimum Gasteiger partial charge on any atom is -0.497 e. The lowest BCUT2D eigenvalue weighted by Crippen LogP contribution is -2.29. The Hall–Kier alpha value is -2.86. The van der Waals surface area contributed by atoms with Crippen molar-refractivity contribution in [2.45, 2.75) is 0 Å². The van der Waals surface area contributed by atoms with Crippen molar-refractivity contribution in [2.75, 3.05) is 13.7 Å². The van der Waals surface area contributed by atoms with Gasteiger partial charge in [-0.3, -0.25) is 9.59 Å². The van der Waals surface area contributed by atoms with Crippen LogP contribution in [0.2, 0.25) is 5.15 Å². The molecule has 0 atom stereocenters. The molecule has 2 N–H and O–H groups in total. The number of carbonyl (C=O) groups is 2. The Bertz CT molecular complexity index is 903. The molecule has 0 spiro atoms. The van der Waals surface area contributed by atoms with Gasteiger partial charge in [0.1, 0.15) is 16.6 Å². The second-order valence-electron chi connectivity index (χ2n) is 5.11. The molecule has 0 bridgehead atoms. The maximum Gasteiger partial charge on any atom is 0.268 e. The lowest BCUT2D eigenvalue weighted by Gasteiger charge is -2.04. The third-order valence-electron chi connectivity index (χ3n) is 3.54. The molecule has 24 heavy (non-hydrogen) atoms. The number of aromatic amines is 1. The second kappa shape index (κ2) is 6.72. The summed E-state index contributed by atoms with van der Waals surface area (Å²) in [5.41, 5.74) is 1.55. The highest BCUT2D eigenvalue weighted by Gasteiger charge is 2.12. The fraction of sp³-hybridized carbons (Fsp3) is 0.118. The number of rotatable bonds is 5. The van der Waals surface area contributed by atoms with Crippen molar-refractivity contribution in [3.8, 4) is 5.75 Å². The quantitative estimate of drug-likeness (QED) is 0.551. The van der Waals surface area contributed by atoms with Gasteiger partial charge in [0.05, 0.1) is 25.4 Å². The molecule has 3 aromatic rings. The first-order valence-electron chi connectivity index (χ1n) is 7.16. The van der Waals surface area contributed by atoms with Gasteiger partial charge in [0.15, 0.2) is 5.78 Å². The number of pyridine rings is 1. The van der Waals surface area contributed by atoms with Crippen molar-refractivity contribution in [2.24, 2.45) is 0 Å². The van der Waals surface area contributed by atoms with Gasteiger partial charge in [0.2, 0.25) is 0 Å². The van der Waals surface area contributed by atoms with Gasteiger partial charge >= 0.3 is 0 Å². The molecule has 2 heterocycles. The van der Waals surface area contributed by atoms with E-state index >= 15 is 0 Å². The Labute approximate surface area is 142 Å². The molecule has 0 aliphatic rings. The SMILES string of the molecule is COc1ccc(C(=O)CNC(=O)c2cc3cc(Cl)ncc3[nH]2)cc1.